The summed E-state index contributed by atoms with van der Waals surface area (Å²) in [5.41, 5.74) is 0. The summed E-state index contributed by atoms with van der Waals surface area (Å²) in [6.45, 7) is 6.51. The van der Waals surface area contributed by atoms with E-state index in [0.717, 1.165) is 12.8 Å². The van der Waals surface area contributed by atoms with Gasteiger partial charge in [-0.05, 0) is 29.2 Å². The van der Waals surface area contributed by atoms with Crippen LogP contribution in [0.4, 0.5) is 4.79 Å². The van der Waals surface area contributed by atoms with Crippen molar-refractivity contribution in [1.29, 1.82) is 0 Å². The molecular weight excluding hydrogens is 368 g/mol. The van der Waals surface area contributed by atoms with E-state index in [0.29, 0.717) is 55.7 Å². The lowest BCUT2D eigenvalue weighted by atomic mass is 10.2. The summed E-state index contributed by atoms with van der Waals surface area (Å²) in [5.74, 6) is 0.677. The predicted octanol–water partition coefficient (Wildman–Crippen LogP) is 1.82. The van der Waals surface area contributed by atoms with Crippen LogP contribution in [-0.4, -0.2) is 80.5 Å². The van der Waals surface area contributed by atoms with E-state index in [9.17, 15) is 9.59 Å². The minimum atomic E-state index is -0.291. The van der Waals surface area contributed by atoms with E-state index >= 15 is 0 Å². The zero-order valence-electron chi connectivity index (χ0n) is 16.0. The number of tetrazole rings is 1. The first-order valence-electron chi connectivity index (χ1n) is 9.64. The van der Waals surface area contributed by atoms with Crippen LogP contribution in [0.2, 0.25) is 0 Å². The van der Waals surface area contributed by atoms with Crippen molar-refractivity contribution in [3.63, 3.8) is 0 Å². The van der Waals surface area contributed by atoms with Crippen LogP contribution in [0.15, 0.2) is 5.16 Å². The lowest BCUT2D eigenvalue weighted by Gasteiger charge is -2.34. The molecule has 0 radical (unpaired) electrons. The lowest BCUT2D eigenvalue weighted by Crippen LogP contribution is -2.51. The van der Waals surface area contributed by atoms with Gasteiger partial charge in [-0.3, -0.25) is 4.79 Å². The average Bonchev–Trinajstić information content (AvgIpc) is 3.35. The number of ether oxygens (including phenoxy) is 1. The van der Waals surface area contributed by atoms with Crippen molar-refractivity contribution in [3.8, 4) is 0 Å². The fourth-order valence-electron chi connectivity index (χ4n) is 3.34. The van der Waals surface area contributed by atoms with Crippen LogP contribution in [0.5, 0.6) is 0 Å². The summed E-state index contributed by atoms with van der Waals surface area (Å²) in [5, 5.41) is 12.7. The molecule has 1 saturated carbocycles. The Labute approximate surface area is 163 Å². The second-order valence-corrected chi connectivity index (χ2v) is 8.41. The van der Waals surface area contributed by atoms with Crippen LogP contribution in [0, 0.1) is 5.92 Å². The molecule has 0 spiro atoms. The van der Waals surface area contributed by atoms with Crippen LogP contribution in [0.25, 0.3) is 0 Å². The number of carbonyl (C=O) groups is 2. The highest BCUT2D eigenvalue weighted by Gasteiger charge is 2.26. The van der Waals surface area contributed by atoms with E-state index in [-0.39, 0.29) is 12.0 Å². The van der Waals surface area contributed by atoms with E-state index in [1.54, 1.807) is 9.80 Å². The number of nitrogens with zero attached hydrogens (tertiary/aromatic N) is 6. The van der Waals surface area contributed by atoms with Crippen LogP contribution < -0.4 is 0 Å². The summed E-state index contributed by atoms with van der Waals surface area (Å²) in [6, 6.07) is 0.359. The predicted molar refractivity (Wildman–Crippen MR) is 100 cm³/mol. The van der Waals surface area contributed by atoms with Gasteiger partial charge in [0.25, 0.3) is 0 Å². The normalized spacial score (nSPS) is 18.3. The number of rotatable bonds is 6. The molecule has 1 aliphatic heterocycles. The van der Waals surface area contributed by atoms with Gasteiger partial charge >= 0.3 is 6.09 Å². The van der Waals surface area contributed by atoms with Gasteiger partial charge in [-0.25, -0.2) is 9.48 Å². The maximum Gasteiger partial charge on any atom is 0.409 e. The molecule has 1 aliphatic carbocycles. The smallest absolute Gasteiger partial charge is 0.409 e. The van der Waals surface area contributed by atoms with E-state index in [1.165, 1.54) is 24.6 Å². The molecule has 1 saturated heterocycles. The van der Waals surface area contributed by atoms with Gasteiger partial charge in [0, 0.05) is 26.2 Å². The Morgan fingerprint density at radius 1 is 1.15 bits per heavy atom. The quantitative estimate of drug-likeness (QED) is 0.677. The number of amides is 2. The van der Waals surface area contributed by atoms with E-state index in [2.05, 4.69) is 15.5 Å². The number of carbonyl (C=O) groups excluding carboxylic acids is 2. The molecule has 0 aromatic carbocycles. The summed E-state index contributed by atoms with van der Waals surface area (Å²) < 4.78 is 7.12. The molecule has 3 rings (SSSR count). The van der Waals surface area contributed by atoms with Crippen LogP contribution in [-0.2, 0) is 9.53 Å². The van der Waals surface area contributed by atoms with Gasteiger partial charge in [0.2, 0.25) is 11.1 Å². The zero-order valence-corrected chi connectivity index (χ0v) is 16.9. The van der Waals surface area contributed by atoms with Gasteiger partial charge in [-0.1, -0.05) is 38.5 Å². The molecule has 0 N–H and O–H groups in total. The molecule has 2 aliphatic rings. The monoisotopic (exact) mass is 396 g/mol. The van der Waals surface area contributed by atoms with E-state index in [1.807, 2.05) is 18.5 Å². The fourth-order valence-corrected chi connectivity index (χ4v) is 4.19. The number of hydrogen-bond acceptors (Lipinski definition) is 7. The van der Waals surface area contributed by atoms with Crippen molar-refractivity contribution in [2.45, 2.75) is 50.7 Å². The molecule has 1 aromatic heterocycles. The first-order chi connectivity index (χ1) is 13.0. The largest absolute Gasteiger partial charge is 0.449 e. The number of hydrogen-bond donors (Lipinski definition) is 0. The number of piperazine rings is 1. The molecule has 0 atom stereocenters. The highest BCUT2D eigenvalue weighted by molar-refractivity contribution is 7.99. The summed E-state index contributed by atoms with van der Waals surface area (Å²) in [7, 11) is 0. The Hall–Kier alpha value is -1.84. The van der Waals surface area contributed by atoms with Crippen LogP contribution in [0.1, 0.15) is 45.6 Å². The highest BCUT2D eigenvalue weighted by atomic mass is 32.2. The first kappa shape index (κ1) is 19.9. The van der Waals surface area contributed by atoms with Crippen LogP contribution in [0.3, 0.4) is 0 Å². The Morgan fingerprint density at radius 2 is 1.81 bits per heavy atom. The van der Waals surface area contributed by atoms with Crippen LogP contribution >= 0.6 is 11.8 Å². The third-order valence-electron chi connectivity index (χ3n) is 4.89. The van der Waals surface area contributed by atoms with Crippen molar-refractivity contribution < 1.29 is 14.3 Å². The maximum atomic E-state index is 12.5. The Balaban J connectivity index is 1.42. The zero-order chi connectivity index (χ0) is 19.2. The standard InChI is InChI=1S/C17H28N6O3S/c1-13(2)11-26-17(25)22-9-7-21(8-10-22)15(24)12-27-16-18-19-20-23(16)14-5-3-4-6-14/h13-14H,3-12H2,1-2H3. The minimum Gasteiger partial charge on any atom is -0.449 e. The molecule has 150 valence electrons. The van der Waals surface area contributed by atoms with Gasteiger partial charge < -0.3 is 14.5 Å². The van der Waals surface area contributed by atoms with Crippen molar-refractivity contribution >= 4 is 23.8 Å². The Morgan fingerprint density at radius 3 is 2.48 bits per heavy atom. The van der Waals surface area contributed by atoms with Gasteiger partial charge in [0.1, 0.15) is 0 Å². The molecule has 10 heteroatoms. The van der Waals surface area contributed by atoms with Crippen molar-refractivity contribution in [1.82, 2.24) is 30.0 Å². The SMILES string of the molecule is CC(C)COC(=O)N1CCN(C(=O)CSc2nnnn2C2CCCC2)CC1. The average molecular weight is 397 g/mol. The fraction of sp³-hybridized carbons (Fsp3) is 0.824. The second-order valence-electron chi connectivity index (χ2n) is 7.47. The van der Waals surface area contributed by atoms with Crippen molar-refractivity contribution in [2.24, 2.45) is 5.92 Å². The van der Waals surface area contributed by atoms with Gasteiger partial charge in [0.05, 0.1) is 18.4 Å². The van der Waals surface area contributed by atoms with Gasteiger partial charge in [0.15, 0.2) is 0 Å². The number of aromatic nitrogens is 4. The summed E-state index contributed by atoms with van der Waals surface area (Å²) in [6.07, 6.45) is 4.32. The molecule has 2 amide bonds. The molecule has 2 fully saturated rings. The summed E-state index contributed by atoms with van der Waals surface area (Å²) >= 11 is 1.39. The number of thioether (sulfide) groups is 1. The van der Waals surface area contributed by atoms with E-state index < -0.39 is 0 Å². The molecule has 2 heterocycles. The van der Waals surface area contributed by atoms with Gasteiger partial charge in [-0.15, -0.1) is 5.10 Å². The second kappa shape index (κ2) is 9.38. The molecule has 0 bridgehead atoms. The molecule has 9 nitrogen and oxygen atoms in total. The van der Waals surface area contributed by atoms with Crippen molar-refractivity contribution in [3.05, 3.63) is 0 Å². The molecular formula is C17H28N6O3S. The lowest BCUT2D eigenvalue weighted by molar-refractivity contribution is -0.129. The highest BCUT2D eigenvalue weighted by Crippen LogP contribution is 2.31. The first-order valence-corrected chi connectivity index (χ1v) is 10.6. The molecule has 27 heavy (non-hydrogen) atoms. The Bertz CT molecular complexity index is 638. The maximum absolute atomic E-state index is 12.5. The third kappa shape index (κ3) is 5.33. The third-order valence-corrected chi connectivity index (χ3v) is 5.81. The summed E-state index contributed by atoms with van der Waals surface area (Å²) in [4.78, 5) is 28.0. The van der Waals surface area contributed by atoms with Crippen molar-refractivity contribution in [2.75, 3.05) is 38.5 Å². The Kier molecular flexibility index (Phi) is 6.92. The van der Waals surface area contributed by atoms with E-state index in [4.69, 9.17) is 4.74 Å². The topological polar surface area (TPSA) is 93.4 Å². The van der Waals surface area contributed by atoms with Gasteiger partial charge in [-0.2, -0.15) is 0 Å². The minimum absolute atomic E-state index is 0.0520. The molecule has 0 unspecified atom stereocenters. The molecule has 1 aromatic rings.